The van der Waals surface area contributed by atoms with E-state index >= 15 is 0 Å². The molecule has 2 aliphatic rings. The summed E-state index contributed by atoms with van der Waals surface area (Å²) in [5, 5.41) is 0. The van der Waals surface area contributed by atoms with E-state index in [2.05, 4.69) is 22.1 Å². The minimum atomic E-state index is -0.0301. The Labute approximate surface area is 169 Å². The molecule has 4 heterocycles. The Bertz CT molecular complexity index is 1080. The van der Waals surface area contributed by atoms with Crippen molar-refractivity contribution in [2.45, 2.75) is 25.4 Å². The van der Waals surface area contributed by atoms with E-state index < -0.39 is 0 Å². The number of fused-ring (bicyclic) bond motifs is 2. The molecule has 29 heavy (non-hydrogen) atoms. The van der Waals surface area contributed by atoms with Crippen molar-refractivity contribution in [3.05, 3.63) is 60.0 Å². The molecule has 0 unspecified atom stereocenters. The van der Waals surface area contributed by atoms with Crippen LogP contribution in [0.4, 0.5) is 0 Å². The van der Waals surface area contributed by atoms with Gasteiger partial charge in [0.05, 0.1) is 18.4 Å². The molecule has 7 heteroatoms. The van der Waals surface area contributed by atoms with Crippen molar-refractivity contribution in [3.63, 3.8) is 0 Å². The van der Waals surface area contributed by atoms with Crippen molar-refractivity contribution in [3.8, 4) is 0 Å². The Balaban J connectivity index is 1.34. The van der Waals surface area contributed by atoms with E-state index in [9.17, 15) is 9.59 Å². The average molecular weight is 389 g/mol. The minimum Gasteiger partial charge on any atom is -0.342 e. The minimum absolute atomic E-state index is 0.0301. The quantitative estimate of drug-likeness (QED) is 0.688. The SMILES string of the molecule is CN1C(=O)C[C@@H]2CN(C(=O)c3cnc4c(c3)ncn4Cc3ccccc3)CC[C@@H]21. The molecule has 0 spiro atoms. The van der Waals surface area contributed by atoms with E-state index in [0.717, 1.165) is 17.6 Å². The smallest absolute Gasteiger partial charge is 0.255 e. The predicted octanol–water partition coefficient (Wildman–Crippen LogP) is 2.17. The molecule has 7 nitrogen and oxygen atoms in total. The Morgan fingerprint density at radius 3 is 2.86 bits per heavy atom. The van der Waals surface area contributed by atoms with Crippen LogP contribution in [0.5, 0.6) is 0 Å². The second-order valence-electron chi connectivity index (χ2n) is 8.00. The Hall–Kier alpha value is -3.22. The number of hydrogen-bond acceptors (Lipinski definition) is 4. The molecule has 0 bridgehead atoms. The number of carbonyl (C=O) groups is 2. The van der Waals surface area contributed by atoms with Gasteiger partial charge in [0.2, 0.25) is 5.91 Å². The van der Waals surface area contributed by atoms with Gasteiger partial charge in [0, 0.05) is 44.7 Å². The molecule has 5 rings (SSSR count). The molecular weight excluding hydrogens is 366 g/mol. The number of nitrogens with zero attached hydrogens (tertiary/aromatic N) is 5. The molecule has 148 valence electrons. The number of aromatic nitrogens is 3. The summed E-state index contributed by atoms with van der Waals surface area (Å²) < 4.78 is 1.99. The van der Waals surface area contributed by atoms with Gasteiger partial charge in [-0.15, -0.1) is 0 Å². The summed E-state index contributed by atoms with van der Waals surface area (Å²) in [5.41, 5.74) is 3.22. The molecule has 0 aliphatic carbocycles. The lowest BCUT2D eigenvalue weighted by atomic mass is 9.92. The van der Waals surface area contributed by atoms with Crippen LogP contribution < -0.4 is 0 Å². The molecule has 0 saturated carbocycles. The van der Waals surface area contributed by atoms with Crippen molar-refractivity contribution in [1.29, 1.82) is 0 Å². The van der Waals surface area contributed by atoms with Gasteiger partial charge in [-0.2, -0.15) is 0 Å². The van der Waals surface area contributed by atoms with Crippen LogP contribution in [0.3, 0.4) is 0 Å². The molecule has 2 aromatic heterocycles. The van der Waals surface area contributed by atoms with Gasteiger partial charge in [0.25, 0.3) is 5.91 Å². The van der Waals surface area contributed by atoms with Gasteiger partial charge in [0.15, 0.2) is 5.65 Å². The van der Waals surface area contributed by atoms with E-state index in [0.29, 0.717) is 31.6 Å². The number of piperidine rings is 1. The zero-order valence-electron chi connectivity index (χ0n) is 16.4. The highest BCUT2D eigenvalue weighted by Crippen LogP contribution is 2.31. The number of hydrogen-bond donors (Lipinski definition) is 0. The molecule has 1 aromatic carbocycles. The van der Waals surface area contributed by atoms with Crippen molar-refractivity contribution >= 4 is 23.0 Å². The number of rotatable bonds is 3. The first-order valence-electron chi connectivity index (χ1n) is 10.00. The molecule has 3 aromatic rings. The third-order valence-electron chi connectivity index (χ3n) is 6.21. The highest BCUT2D eigenvalue weighted by molar-refractivity contribution is 5.96. The van der Waals surface area contributed by atoms with Crippen molar-refractivity contribution in [1.82, 2.24) is 24.3 Å². The molecule has 2 fully saturated rings. The lowest BCUT2D eigenvalue weighted by Gasteiger charge is -2.36. The maximum atomic E-state index is 13.0. The van der Waals surface area contributed by atoms with E-state index in [4.69, 9.17) is 0 Å². The number of pyridine rings is 1. The maximum absolute atomic E-state index is 13.0. The third kappa shape index (κ3) is 3.16. The monoisotopic (exact) mass is 389 g/mol. The van der Waals surface area contributed by atoms with Crippen molar-refractivity contribution in [2.24, 2.45) is 5.92 Å². The second-order valence-corrected chi connectivity index (χ2v) is 8.00. The number of benzene rings is 1. The van der Waals surface area contributed by atoms with Crippen LogP contribution in [0, 0.1) is 5.92 Å². The third-order valence-corrected chi connectivity index (χ3v) is 6.21. The van der Waals surface area contributed by atoms with Gasteiger partial charge in [-0.1, -0.05) is 30.3 Å². The summed E-state index contributed by atoms with van der Waals surface area (Å²) in [6.07, 6.45) is 4.78. The standard InChI is InChI=1S/C22H23N5O2/c1-25-19-7-8-26(13-17(19)10-20(25)28)22(29)16-9-18-21(23-11-16)27(14-24-18)12-15-5-3-2-4-6-15/h2-6,9,11,14,17,19H,7-8,10,12-13H2,1H3/t17-,19+/m1/s1. The summed E-state index contributed by atoms with van der Waals surface area (Å²) in [6, 6.07) is 12.2. The first kappa shape index (κ1) is 17.8. The van der Waals surface area contributed by atoms with Gasteiger partial charge < -0.3 is 14.4 Å². The van der Waals surface area contributed by atoms with Crippen LogP contribution in [0.25, 0.3) is 11.2 Å². The van der Waals surface area contributed by atoms with Crippen LogP contribution in [-0.2, 0) is 11.3 Å². The largest absolute Gasteiger partial charge is 0.342 e. The van der Waals surface area contributed by atoms with Crippen LogP contribution in [-0.4, -0.2) is 62.3 Å². The van der Waals surface area contributed by atoms with Crippen LogP contribution in [0.2, 0.25) is 0 Å². The average Bonchev–Trinajstić information content (AvgIpc) is 3.28. The van der Waals surface area contributed by atoms with Gasteiger partial charge in [-0.3, -0.25) is 9.59 Å². The second kappa shape index (κ2) is 6.99. The van der Waals surface area contributed by atoms with Gasteiger partial charge >= 0.3 is 0 Å². The van der Waals surface area contributed by atoms with Gasteiger partial charge in [-0.25, -0.2) is 9.97 Å². The lowest BCUT2D eigenvalue weighted by molar-refractivity contribution is -0.127. The zero-order valence-corrected chi connectivity index (χ0v) is 16.4. The maximum Gasteiger partial charge on any atom is 0.255 e. The summed E-state index contributed by atoms with van der Waals surface area (Å²) >= 11 is 0. The molecule has 2 saturated heterocycles. The predicted molar refractivity (Wildman–Crippen MR) is 108 cm³/mol. The van der Waals surface area contributed by atoms with Gasteiger partial charge in [-0.05, 0) is 18.1 Å². The molecule has 0 N–H and O–H groups in total. The van der Waals surface area contributed by atoms with E-state index in [1.54, 1.807) is 12.5 Å². The number of imidazole rings is 1. The van der Waals surface area contributed by atoms with E-state index in [1.165, 1.54) is 5.56 Å². The van der Waals surface area contributed by atoms with Crippen LogP contribution in [0.1, 0.15) is 28.8 Å². The Morgan fingerprint density at radius 1 is 1.21 bits per heavy atom. The Morgan fingerprint density at radius 2 is 2.03 bits per heavy atom. The zero-order chi connectivity index (χ0) is 20.0. The van der Waals surface area contributed by atoms with Crippen LogP contribution in [0.15, 0.2) is 48.9 Å². The summed E-state index contributed by atoms with van der Waals surface area (Å²) in [7, 11) is 1.87. The fraction of sp³-hybridized carbons (Fsp3) is 0.364. The lowest BCUT2D eigenvalue weighted by Crippen LogP contribution is -2.47. The highest BCUT2D eigenvalue weighted by Gasteiger charge is 2.42. The molecular formula is C22H23N5O2. The fourth-order valence-electron chi connectivity index (χ4n) is 4.61. The topological polar surface area (TPSA) is 71.3 Å². The molecule has 2 aliphatic heterocycles. The van der Waals surface area contributed by atoms with E-state index in [1.807, 2.05) is 45.7 Å². The van der Waals surface area contributed by atoms with Crippen molar-refractivity contribution < 1.29 is 9.59 Å². The van der Waals surface area contributed by atoms with E-state index in [-0.39, 0.29) is 23.8 Å². The highest BCUT2D eigenvalue weighted by atomic mass is 16.2. The summed E-state index contributed by atoms with van der Waals surface area (Å²) in [6.45, 7) is 1.98. The fourth-order valence-corrected chi connectivity index (χ4v) is 4.61. The number of carbonyl (C=O) groups excluding carboxylic acids is 2. The van der Waals surface area contributed by atoms with Crippen molar-refractivity contribution in [2.75, 3.05) is 20.1 Å². The van der Waals surface area contributed by atoms with Gasteiger partial charge in [0.1, 0.15) is 5.52 Å². The first-order valence-corrected chi connectivity index (χ1v) is 10.00. The summed E-state index contributed by atoms with van der Waals surface area (Å²) in [4.78, 5) is 37.7. The molecule has 2 amide bonds. The number of amides is 2. The first-order chi connectivity index (χ1) is 14.1. The molecule has 2 atom stereocenters. The summed E-state index contributed by atoms with van der Waals surface area (Å²) in [5.74, 6) is 0.380. The normalized spacial score (nSPS) is 21.6. The van der Waals surface area contributed by atoms with Crippen LogP contribution >= 0.6 is 0 Å². The molecule has 0 radical (unpaired) electrons. The number of likely N-dealkylation sites (tertiary alicyclic amines) is 2. The Kier molecular flexibility index (Phi) is 4.30.